The third-order valence-corrected chi connectivity index (χ3v) is 11.3. The van der Waals surface area contributed by atoms with Gasteiger partial charge in [-0.25, -0.2) is 9.97 Å². The van der Waals surface area contributed by atoms with Gasteiger partial charge < -0.3 is 15.5 Å². The Hall–Kier alpha value is -5.98. The number of piperidine rings is 2. The summed E-state index contributed by atoms with van der Waals surface area (Å²) >= 11 is 0. The zero-order valence-electron chi connectivity index (χ0n) is 31.7. The van der Waals surface area contributed by atoms with Crippen molar-refractivity contribution in [2.24, 2.45) is 0 Å². The molecule has 8 rings (SSSR count). The number of piperazine rings is 1. The van der Waals surface area contributed by atoms with E-state index in [1.807, 2.05) is 73.7 Å². The van der Waals surface area contributed by atoms with E-state index in [9.17, 15) is 14.4 Å². The number of carbonyl (C=O) groups is 3. The van der Waals surface area contributed by atoms with Gasteiger partial charge in [-0.05, 0) is 97.5 Å². The molecule has 3 saturated heterocycles. The van der Waals surface area contributed by atoms with E-state index in [4.69, 9.17) is 0 Å². The van der Waals surface area contributed by atoms with Crippen molar-refractivity contribution in [2.45, 2.75) is 51.1 Å². The van der Waals surface area contributed by atoms with Crippen LogP contribution in [0.4, 0.5) is 23.0 Å². The topological polar surface area (TPSA) is 136 Å². The van der Waals surface area contributed by atoms with E-state index in [0.29, 0.717) is 36.1 Å². The highest BCUT2D eigenvalue weighted by Crippen LogP contribution is 2.30. The van der Waals surface area contributed by atoms with Gasteiger partial charge in [0.15, 0.2) is 0 Å². The number of carbonyl (C=O) groups excluding carboxylic acids is 3. The lowest BCUT2D eigenvalue weighted by atomic mass is 9.87. The predicted molar refractivity (Wildman–Crippen MR) is 218 cm³/mol. The smallest absolute Gasteiger partial charge is 0.255 e. The number of benzene rings is 3. The summed E-state index contributed by atoms with van der Waals surface area (Å²) in [6.07, 6.45) is 8.37. The standard InChI is InChI=1S/C44H47N9O3/c1-30-8-11-34(27-40(30)49-44-46-20-16-39(48-44)32-6-4-19-45-28-32)47-42(55)31-9-12-35(13-10-31)52-21-17-36(18-22-52)53-25-23-51(24-26-53)29-33-5-2-3-7-37(33)38-14-15-41(54)50-43(38)56/h2-13,16,19-20,27-28,36,38H,14-15,17-18,21-26,29H2,1H3,(H,47,55)(H,46,48,49)(H,50,54,56). The molecule has 0 bridgehead atoms. The second kappa shape index (κ2) is 16.8. The molecule has 1 unspecified atom stereocenters. The van der Waals surface area contributed by atoms with Crippen LogP contribution in [0.5, 0.6) is 0 Å². The molecule has 12 nitrogen and oxygen atoms in total. The lowest BCUT2D eigenvalue weighted by Crippen LogP contribution is -2.53. The first-order valence-corrected chi connectivity index (χ1v) is 19.5. The normalized spacial score (nSPS) is 18.4. The minimum Gasteiger partial charge on any atom is -0.371 e. The van der Waals surface area contributed by atoms with Crippen molar-refractivity contribution in [3.8, 4) is 11.3 Å². The molecule has 0 aliphatic carbocycles. The summed E-state index contributed by atoms with van der Waals surface area (Å²) in [5, 5.41) is 8.87. The maximum atomic E-state index is 13.3. The van der Waals surface area contributed by atoms with Crippen LogP contribution in [-0.2, 0) is 16.1 Å². The number of nitrogens with zero attached hydrogens (tertiary/aromatic N) is 6. The Labute approximate surface area is 327 Å². The first-order valence-electron chi connectivity index (χ1n) is 19.5. The van der Waals surface area contributed by atoms with E-state index in [1.165, 1.54) is 5.56 Å². The van der Waals surface area contributed by atoms with Crippen molar-refractivity contribution in [3.63, 3.8) is 0 Å². The van der Waals surface area contributed by atoms with Crippen molar-refractivity contribution in [3.05, 3.63) is 126 Å². The van der Waals surface area contributed by atoms with Gasteiger partial charge in [-0.1, -0.05) is 30.3 Å². The van der Waals surface area contributed by atoms with E-state index in [2.05, 4.69) is 63.8 Å². The van der Waals surface area contributed by atoms with Gasteiger partial charge >= 0.3 is 0 Å². The van der Waals surface area contributed by atoms with Crippen LogP contribution in [0.15, 0.2) is 104 Å². The number of imide groups is 1. The van der Waals surface area contributed by atoms with Crippen LogP contribution in [0.25, 0.3) is 11.3 Å². The van der Waals surface area contributed by atoms with Crippen molar-refractivity contribution in [2.75, 3.05) is 54.8 Å². The Morgan fingerprint density at radius 1 is 0.857 bits per heavy atom. The van der Waals surface area contributed by atoms with Crippen LogP contribution in [0.2, 0.25) is 0 Å². The largest absolute Gasteiger partial charge is 0.371 e. The minimum absolute atomic E-state index is 0.168. The zero-order chi connectivity index (χ0) is 38.4. The van der Waals surface area contributed by atoms with Gasteiger partial charge in [0.2, 0.25) is 17.8 Å². The molecule has 3 fully saturated rings. The number of nitrogens with one attached hydrogen (secondary N) is 3. The molecule has 3 aliphatic heterocycles. The molecular weight excluding hydrogens is 703 g/mol. The second-order valence-electron chi connectivity index (χ2n) is 14.9. The maximum Gasteiger partial charge on any atom is 0.255 e. The van der Waals surface area contributed by atoms with Crippen LogP contribution < -0.4 is 20.9 Å². The quantitative estimate of drug-likeness (QED) is 0.143. The molecule has 5 heterocycles. The molecule has 3 N–H and O–H groups in total. The van der Waals surface area contributed by atoms with Crippen LogP contribution >= 0.6 is 0 Å². The molecule has 0 saturated carbocycles. The van der Waals surface area contributed by atoms with E-state index in [1.54, 1.807) is 18.6 Å². The summed E-state index contributed by atoms with van der Waals surface area (Å²) in [7, 11) is 0. The van der Waals surface area contributed by atoms with Crippen molar-refractivity contribution in [1.29, 1.82) is 0 Å². The number of rotatable bonds is 10. The fraction of sp³-hybridized carbons (Fsp3) is 0.318. The van der Waals surface area contributed by atoms with Crippen molar-refractivity contribution >= 4 is 40.7 Å². The number of pyridine rings is 1. The number of aryl methyl sites for hydroxylation is 1. The molecule has 1 atom stereocenters. The second-order valence-corrected chi connectivity index (χ2v) is 14.9. The van der Waals surface area contributed by atoms with Gasteiger partial charge in [-0.15, -0.1) is 0 Å². The Morgan fingerprint density at radius 3 is 2.43 bits per heavy atom. The van der Waals surface area contributed by atoms with Gasteiger partial charge in [0, 0.05) is 105 Å². The molecule has 286 valence electrons. The Balaban J connectivity index is 0.808. The van der Waals surface area contributed by atoms with Crippen molar-refractivity contribution < 1.29 is 14.4 Å². The zero-order valence-corrected chi connectivity index (χ0v) is 31.7. The molecule has 0 radical (unpaired) electrons. The van der Waals surface area contributed by atoms with Gasteiger partial charge in [0.25, 0.3) is 5.91 Å². The molecule has 0 spiro atoms. The molecule has 3 amide bonds. The summed E-state index contributed by atoms with van der Waals surface area (Å²) in [6.45, 7) is 8.80. The minimum atomic E-state index is -0.260. The number of hydrogen-bond acceptors (Lipinski definition) is 10. The molecular formula is C44H47N9O3. The third kappa shape index (κ3) is 8.61. The predicted octanol–water partition coefficient (Wildman–Crippen LogP) is 6.15. The molecule has 5 aromatic rings. The van der Waals surface area contributed by atoms with Crippen molar-refractivity contribution in [1.82, 2.24) is 30.1 Å². The average molecular weight is 750 g/mol. The summed E-state index contributed by atoms with van der Waals surface area (Å²) < 4.78 is 0. The summed E-state index contributed by atoms with van der Waals surface area (Å²) in [4.78, 5) is 58.4. The van der Waals surface area contributed by atoms with E-state index in [-0.39, 0.29) is 23.6 Å². The number of aromatic nitrogens is 3. The van der Waals surface area contributed by atoms with E-state index < -0.39 is 0 Å². The summed E-state index contributed by atoms with van der Waals surface area (Å²) in [5.74, 6) is -0.321. The first-order chi connectivity index (χ1) is 27.4. The van der Waals surface area contributed by atoms with E-state index in [0.717, 1.165) is 92.4 Å². The number of hydrogen-bond donors (Lipinski definition) is 3. The molecule has 56 heavy (non-hydrogen) atoms. The first kappa shape index (κ1) is 37.0. The van der Waals surface area contributed by atoms with Crippen LogP contribution in [-0.4, -0.2) is 87.8 Å². The Morgan fingerprint density at radius 2 is 1.66 bits per heavy atom. The number of amides is 3. The molecule has 3 aromatic carbocycles. The van der Waals surface area contributed by atoms with Gasteiger partial charge in [-0.2, -0.15) is 0 Å². The Kier molecular flexibility index (Phi) is 11.1. The highest BCUT2D eigenvalue weighted by Gasteiger charge is 2.31. The SMILES string of the molecule is Cc1ccc(NC(=O)c2ccc(N3CCC(N4CCN(Cc5ccccc5C5CCC(=O)NC5=O)CC4)CC3)cc2)cc1Nc1nccc(-c2cccnc2)n1. The Bertz CT molecular complexity index is 2180. The highest BCUT2D eigenvalue weighted by atomic mass is 16.2. The fourth-order valence-corrected chi connectivity index (χ4v) is 8.10. The monoisotopic (exact) mass is 749 g/mol. The molecule has 3 aliphatic rings. The summed E-state index contributed by atoms with van der Waals surface area (Å²) in [5.41, 5.74) is 8.11. The maximum absolute atomic E-state index is 13.3. The lowest BCUT2D eigenvalue weighted by Gasteiger charge is -2.43. The lowest BCUT2D eigenvalue weighted by molar-refractivity contribution is -0.134. The van der Waals surface area contributed by atoms with Gasteiger partial charge in [-0.3, -0.25) is 34.5 Å². The van der Waals surface area contributed by atoms with Crippen LogP contribution in [0.1, 0.15) is 58.6 Å². The van der Waals surface area contributed by atoms with Crippen LogP contribution in [0.3, 0.4) is 0 Å². The van der Waals surface area contributed by atoms with Crippen LogP contribution in [0, 0.1) is 6.92 Å². The highest BCUT2D eigenvalue weighted by molar-refractivity contribution is 6.04. The average Bonchev–Trinajstić information content (AvgIpc) is 3.23. The number of anilines is 4. The third-order valence-electron chi connectivity index (χ3n) is 11.3. The molecule has 12 heteroatoms. The van der Waals surface area contributed by atoms with E-state index >= 15 is 0 Å². The molecule has 2 aromatic heterocycles. The fourth-order valence-electron chi connectivity index (χ4n) is 8.10. The van der Waals surface area contributed by atoms with Gasteiger partial charge in [0.1, 0.15) is 0 Å². The van der Waals surface area contributed by atoms with Gasteiger partial charge in [0.05, 0.1) is 11.6 Å². The summed E-state index contributed by atoms with van der Waals surface area (Å²) in [6, 6.07) is 28.1.